The third kappa shape index (κ3) is 3.72. The summed E-state index contributed by atoms with van der Waals surface area (Å²) in [4.78, 5) is 0. The Balaban J connectivity index is 1.82. The molecule has 1 aliphatic rings. The van der Waals surface area contributed by atoms with Gasteiger partial charge in [-0.3, -0.25) is 0 Å². The predicted molar refractivity (Wildman–Crippen MR) is 76.6 cm³/mol. The Morgan fingerprint density at radius 3 is 2.94 bits per heavy atom. The van der Waals surface area contributed by atoms with Crippen molar-refractivity contribution in [3.63, 3.8) is 0 Å². The standard InChI is InChI=1S/C13H24N4S/c1-2-8-17-13(9-15-16-17)12(14)10-18-11-6-4-3-5-7-11/h9,11-12H,2-8,10,14H2,1H3. The van der Waals surface area contributed by atoms with Gasteiger partial charge in [0.1, 0.15) is 0 Å². The minimum absolute atomic E-state index is 0.0680. The predicted octanol–water partition coefficient (Wildman–Crippen LogP) is 2.75. The Labute approximate surface area is 114 Å². The highest BCUT2D eigenvalue weighted by Crippen LogP contribution is 2.30. The van der Waals surface area contributed by atoms with Gasteiger partial charge in [0.15, 0.2) is 0 Å². The quantitative estimate of drug-likeness (QED) is 0.862. The van der Waals surface area contributed by atoms with Crippen LogP contribution >= 0.6 is 11.8 Å². The fourth-order valence-corrected chi connectivity index (χ4v) is 3.81. The van der Waals surface area contributed by atoms with E-state index in [0.717, 1.165) is 29.7 Å². The zero-order valence-electron chi connectivity index (χ0n) is 11.2. The summed E-state index contributed by atoms with van der Waals surface area (Å²) in [6, 6.07) is 0.0680. The van der Waals surface area contributed by atoms with Crippen molar-refractivity contribution in [3.05, 3.63) is 11.9 Å². The minimum Gasteiger partial charge on any atom is -0.322 e. The van der Waals surface area contributed by atoms with Gasteiger partial charge in [0, 0.05) is 17.5 Å². The van der Waals surface area contributed by atoms with Crippen molar-refractivity contribution in [2.75, 3.05) is 5.75 Å². The van der Waals surface area contributed by atoms with E-state index in [2.05, 4.69) is 17.2 Å². The monoisotopic (exact) mass is 268 g/mol. The van der Waals surface area contributed by atoms with E-state index < -0.39 is 0 Å². The number of rotatable bonds is 6. The first-order valence-electron chi connectivity index (χ1n) is 7.06. The first kappa shape index (κ1) is 13.9. The van der Waals surface area contributed by atoms with Gasteiger partial charge in [-0.2, -0.15) is 11.8 Å². The molecule has 4 nitrogen and oxygen atoms in total. The molecule has 0 amide bonds. The number of aryl methyl sites for hydroxylation is 1. The van der Waals surface area contributed by atoms with E-state index in [4.69, 9.17) is 5.73 Å². The van der Waals surface area contributed by atoms with Crippen LogP contribution < -0.4 is 5.73 Å². The SMILES string of the molecule is CCCn1nncc1C(N)CSC1CCCCC1. The lowest BCUT2D eigenvalue weighted by Gasteiger charge is -2.22. The van der Waals surface area contributed by atoms with E-state index in [1.165, 1.54) is 32.1 Å². The van der Waals surface area contributed by atoms with Gasteiger partial charge < -0.3 is 5.73 Å². The Kier molecular flexibility index (Phi) is 5.50. The van der Waals surface area contributed by atoms with Crippen molar-refractivity contribution in [3.8, 4) is 0 Å². The van der Waals surface area contributed by atoms with E-state index in [9.17, 15) is 0 Å². The van der Waals surface area contributed by atoms with E-state index in [-0.39, 0.29) is 6.04 Å². The summed E-state index contributed by atoms with van der Waals surface area (Å²) in [5.41, 5.74) is 7.35. The fourth-order valence-electron chi connectivity index (χ4n) is 2.50. The smallest absolute Gasteiger partial charge is 0.0762 e. The lowest BCUT2D eigenvalue weighted by Crippen LogP contribution is -2.20. The highest BCUT2D eigenvalue weighted by molar-refractivity contribution is 7.99. The van der Waals surface area contributed by atoms with Gasteiger partial charge in [0.2, 0.25) is 0 Å². The molecule has 1 fully saturated rings. The van der Waals surface area contributed by atoms with Crippen LogP contribution in [-0.4, -0.2) is 26.0 Å². The number of hydrogen-bond donors (Lipinski definition) is 1. The maximum absolute atomic E-state index is 6.27. The molecule has 2 N–H and O–H groups in total. The molecule has 1 aliphatic carbocycles. The summed E-state index contributed by atoms with van der Waals surface area (Å²) in [5, 5.41) is 8.90. The molecule has 18 heavy (non-hydrogen) atoms. The Bertz CT molecular complexity index is 347. The van der Waals surface area contributed by atoms with E-state index in [1.807, 2.05) is 22.6 Å². The minimum atomic E-state index is 0.0680. The molecule has 1 atom stereocenters. The summed E-state index contributed by atoms with van der Waals surface area (Å²) in [5.74, 6) is 0.988. The highest BCUT2D eigenvalue weighted by Gasteiger charge is 2.18. The second kappa shape index (κ2) is 7.14. The van der Waals surface area contributed by atoms with Gasteiger partial charge in [0.25, 0.3) is 0 Å². The van der Waals surface area contributed by atoms with Crippen molar-refractivity contribution in [2.45, 2.75) is 63.3 Å². The van der Waals surface area contributed by atoms with E-state index in [0.29, 0.717) is 0 Å². The van der Waals surface area contributed by atoms with Crippen LogP contribution in [0.15, 0.2) is 6.20 Å². The lowest BCUT2D eigenvalue weighted by atomic mass is 10.0. The summed E-state index contributed by atoms with van der Waals surface area (Å²) in [6.07, 6.45) is 9.81. The topological polar surface area (TPSA) is 56.7 Å². The second-order valence-electron chi connectivity index (χ2n) is 5.08. The molecular weight excluding hydrogens is 244 g/mol. The first-order valence-corrected chi connectivity index (χ1v) is 8.11. The van der Waals surface area contributed by atoms with Crippen LogP contribution in [0, 0.1) is 0 Å². The van der Waals surface area contributed by atoms with Crippen molar-refractivity contribution >= 4 is 11.8 Å². The molecule has 0 spiro atoms. The molecule has 1 aromatic rings. The summed E-state index contributed by atoms with van der Waals surface area (Å²) >= 11 is 2.04. The van der Waals surface area contributed by atoms with Crippen molar-refractivity contribution in [1.29, 1.82) is 0 Å². The van der Waals surface area contributed by atoms with E-state index in [1.54, 1.807) is 0 Å². The maximum atomic E-state index is 6.27. The maximum Gasteiger partial charge on any atom is 0.0762 e. The van der Waals surface area contributed by atoms with Crippen LogP contribution in [0.4, 0.5) is 0 Å². The molecule has 0 radical (unpaired) electrons. The summed E-state index contributed by atoms with van der Waals surface area (Å²) in [6.45, 7) is 3.06. The van der Waals surface area contributed by atoms with E-state index >= 15 is 0 Å². The lowest BCUT2D eigenvalue weighted by molar-refractivity contribution is 0.514. The summed E-state index contributed by atoms with van der Waals surface area (Å²) < 4.78 is 1.95. The molecule has 1 aromatic heterocycles. The van der Waals surface area contributed by atoms with Gasteiger partial charge in [-0.05, 0) is 19.3 Å². The largest absolute Gasteiger partial charge is 0.322 e. The van der Waals surface area contributed by atoms with Gasteiger partial charge in [-0.1, -0.05) is 31.4 Å². The molecule has 5 heteroatoms. The van der Waals surface area contributed by atoms with Crippen LogP contribution in [0.25, 0.3) is 0 Å². The molecule has 0 aromatic carbocycles. The normalized spacial score (nSPS) is 19.0. The van der Waals surface area contributed by atoms with Crippen molar-refractivity contribution in [1.82, 2.24) is 15.0 Å². The molecule has 1 saturated carbocycles. The first-order chi connectivity index (χ1) is 8.81. The molecule has 2 rings (SSSR count). The van der Waals surface area contributed by atoms with Gasteiger partial charge >= 0.3 is 0 Å². The second-order valence-corrected chi connectivity index (χ2v) is 6.42. The Morgan fingerprint density at radius 1 is 1.44 bits per heavy atom. The Morgan fingerprint density at radius 2 is 2.22 bits per heavy atom. The third-order valence-corrected chi connectivity index (χ3v) is 5.02. The number of nitrogens with two attached hydrogens (primary N) is 1. The molecule has 0 saturated heterocycles. The molecule has 102 valence electrons. The number of hydrogen-bond acceptors (Lipinski definition) is 4. The average molecular weight is 268 g/mol. The number of aromatic nitrogens is 3. The van der Waals surface area contributed by atoms with Crippen LogP contribution in [0.5, 0.6) is 0 Å². The molecule has 1 heterocycles. The van der Waals surface area contributed by atoms with Crippen molar-refractivity contribution < 1.29 is 0 Å². The van der Waals surface area contributed by atoms with Gasteiger partial charge in [0.05, 0.1) is 17.9 Å². The Hall–Kier alpha value is -0.550. The molecule has 0 bridgehead atoms. The fraction of sp³-hybridized carbons (Fsp3) is 0.846. The van der Waals surface area contributed by atoms with Crippen molar-refractivity contribution in [2.24, 2.45) is 5.73 Å². The highest BCUT2D eigenvalue weighted by atomic mass is 32.2. The van der Waals surface area contributed by atoms with Crippen LogP contribution in [0.2, 0.25) is 0 Å². The average Bonchev–Trinajstić information content (AvgIpc) is 2.86. The van der Waals surface area contributed by atoms with Crippen LogP contribution in [0.1, 0.15) is 57.2 Å². The van der Waals surface area contributed by atoms with Crippen LogP contribution in [0.3, 0.4) is 0 Å². The number of thioether (sulfide) groups is 1. The molecular formula is C13H24N4S. The molecule has 1 unspecified atom stereocenters. The number of nitrogens with zero attached hydrogens (tertiary/aromatic N) is 3. The zero-order valence-corrected chi connectivity index (χ0v) is 12.0. The summed E-state index contributed by atoms with van der Waals surface area (Å²) in [7, 11) is 0. The zero-order chi connectivity index (χ0) is 12.8. The van der Waals surface area contributed by atoms with Crippen LogP contribution in [-0.2, 0) is 6.54 Å². The third-order valence-electron chi connectivity index (χ3n) is 3.53. The molecule has 0 aliphatic heterocycles. The van der Waals surface area contributed by atoms with Gasteiger partial charge in [-0.25, -0.2) is 4.68 Å². The van der Waals surface area contributed by atoms with Gasteiger partial charge in [-0.15, -0.1) is 5.10 Å².